The maximum absolute atomic E-state index is 12.7. The van der Waals surface area contributed by atoms with E-state index in [1.165, 1.54) is 10.4 Å². The monoisotopic (exact) mass is 381 g/mol. The van der Waals surface area contributed by atoms with Crippen LogP contribution in [0.25, 0.3) is 10.2 Å². The fourth-order valence-electron chi connectivity index (χ4n) is 4.60. The number of carbonyl (C=O) groups excluding carboxylic acids is 1. The van der Waals surface area contributed by atoms with Crippen molar-refractivity contribution in [3.05, 3.63) is 42.0 Å². The number of amides is 1. The van der Waals surface area contributed by atoms with Crippen molar-refractivity contribution in [3.63, 3.8) is 0 Å². The molecule has 7 heteroatoms. The Bertz CT molecular complexity index is 952. The molecular formula is C20H23N5OS. The minimum absolute atomic E-state index is 0.233. The number of carbonyl (C=O) groups is 1. The minimum atomic E-state index is -0.270. The van der Waals surface area contributed by atoms with Crippen LogP contribution in [-0.4, -0.2) is 45.4 Å². The van der Waals surface area contributed by atoms with Crippen LogP contribution in [0.1, 0.15) is 37.6 Å². The summed E-state index contributed by atoms with van der Waals surface area (Å²) in [7, 11) is 0. The van der Waals surface area contributed by atoms with E-state index in [9.17, 15) is 4.79 Å². The van der Waals surface area contributed by atoms with Gasteiger partial charge in [0.15, 0.2) is 5.13 Å². The van der Waals surface area contributed by atoms with Crippen molar-refractivity contribution in [2.24, 2.45) is 0 Å². The zero-order valence-corrected chi connectivity index (χ0v) is 16.3. The fourth-order valence-corrected chi connectivity index (χ4v) is 5.62. The lowest BCUT2D eigenvalue weighted by atomic mass is 9.78. The van der Waals surface area contributed by atoms with Gasteiger partial charge in [0.05, 0.1) is 27.8 Å². The van der Waals surface area contributed by atoms with Crippen molar-refractivity contribution < 1.29 is 4.79 Å². The Hall–Kier alpha value is -2.41. The smallest absolute Gasteiger partial charge is 0.223 e. The number of rotatable bonds is 2. The average Bonchev–Trinajstić information content (AvgIpc) is 3.35. The van der Waals surface area contributed by atoms with E-state index in [0.717, 1.165) is 55.2 Å². The van der Waals surface area contributed by atoms with Gasteiger partial charge in [0, 0.05) is 38.2 Å². The van der Waals surface area contributed by atoms with Gasteiger partial charge >= 0.3 is 0 Å². The van der Waals surface area contributed by atoms with Crippen molar-refractivity contribution in [1.29, 1.82) is 0 Å². The molecule has 27 heavy (non-hydrogen) atoms. The number of thiazole rings is 1. The normalized spacial score (nSPS) is 18.9. The number of hydrogen-bond donors (Lipinski definition) is 1. The van der Waals surface area contributed by atoms with Crippen molar-refractivity contribution in [2.45, 2.75) is 38.1 Å². The highest BCUT2D eigenvalue weighted by Gasteiger charge is 2.48. The molecule has 6 nitrogen and oxygen atoms in total. The standard InChI is InChI=1S/C20H23N5OS/c1-2-17(26)25-10-7-15-18(22-13-21-15)20(25)8-11-24(12-9-20)19-23-14-5-3-4-6-16(14)27-19/h3-6,13H,2,7-12H2,1H3,(H,21,22). The van der Waals surface area contributed by atoms with E-state index < -0.39 is 0 Å². The van der Waals surface area contributed by atoms with Gasteiger partial charge < -0.3 is 14.8 Å². The summed E-state index contributed by atoms with van der Waals surface area (Å²) in [5.74, 6) is 0.233. The average molecular weight is 382 g/mol. The Morgan fingerprint density at radius 1 is 1.26 bits per heavy atom. The van der Waals surface area contributed by atoms with Crippen molar-refractivity contribution in [2.75, 3.05) is 24.5 Å². The van der Waals surface area contributed by atoms with E-state index in [4.69, 9.17) is 4.98 Å². The summed E-state index contributed by atoms with van der Waals surface area (Å²) in [6, 6.07) is 8.29. The van der Waals surface area contributed by atoms with Gasteiger partial charge in [-0.2, -0.15) is 0 Å². The molecule has 4 heterocycles. The maximum Gasteiger partial charge on any atom is 0.223 e. The molecule has 0 radical (unpaired) electrons. The van der Waals surface area contributed by atoms with E-state index in [2.05, 4.69) is 38.0 Å². The van der Waals surface area contributed by atoms with Crippen LogP contribution in [0.5, 0.6) is 0 Å². The molecule has 0 aliphatic carbocycles. The summed E-state index contributed by atoms with van der Waals surface area (Å²) < 4.78 is 1.22. The van der Waals surface area contributed by atoms with Crippen LogP contribution in [0.15, 0.2) is 30.6 Å². The second kappa shape index (κ2) is 6.34. The van der Waals surface area contributed by atoms with Gasteiger partial charge in [-0.1, -0.05) is 30.4 Å². The lowest BCUT2D eigenvalue weighted by Crippen LogP contribution is -2.58. The molecule has 1 N–H and O–H groups in total. The SMILES string of the molecule is CCC(=O)N1CCc2[nH]cnc2C12CCN(c1nc3ccccc3s1)CC2. The molecule has 0 unspecified atom stereocenters. The van der Waals surface area contributed by atoms with Crippen molar-refractivity contribution in [3.8, 4) is 0 Å². The number of nitrogens with zero attached hydrogens (tertiary/aromatic N) is 4. The molecule has 2 aliphatic rings. The molecule has 2 aromatic heterocycles. The van der Waals surface area contributed by atoms with Crippen molar-refractivity contribution in [1.82, 2.24) is 19.9 Å². The topological polar surface area (TPSA) is 65.1 Å². The van der Waals surface area contributed by atoms with Gasteiger partial charge in [0.2, 0.25) is 5.91 Å². The van der Waals surface area contributed by atoms with E-state index in [1.54, 1.807) is 17.7 Å². The highest BCUT2D eigenvalue weighted by Crippen LogP contribution is 2.44. The Balaban J connectivity index is 1.45. The molecule has 2 aliphatic heterocycles. The molecule has 3 aromatic rings. The number of para-hydroxylation sites is 1. The van der Waals surface area contributed by atoms with Gasteiger partial charge in [-0.3, -0.25) is 4.79 Å². The van der Waals surface area contributed by atoms with Gasteiger partial charge in [0.25, 0.3) is 0 Å². The van der Waals surface area contributed by atoms with Crippen LogP contribution < -0.4 is 4.90 Å². The molecule has 1 amide bonds. The van der Waals surface area contributed by atoms with E-state index in [-0.39, 0.29) is 11.4 Å². The minimum Gasteiger partial charge on any atom is -0.348 e. The number of anilines is 1. The van der Waals surface area contributed by atoms with E-state index in [1.807, 2.05) is 13.0 Å². The molecule has 0 saturated carbocycles. The maximum atomic E-state index is 12.7. The molecule has 140 valence electrons. The third kappa shape index (κ3) is 2.56. The third-order valence-electron chi connectivity index (χ3n) is 6.01. The second-order valence-corrected chi connectivity index (χ2v) is 8.37. The molecule has 1 aromatic carbocycles. The predicted molar refractivity (Wildman–Crippen MR) is 107 cm³/mol. The summed E-state index contributed by atoms with van der Waals surface area (Å²) in [5.41, 5.74) is 3.07. The second-order valence-electron chi connectivity index (χ2n) is 7.36. The first-order valence-electron chi connectivity index (χ1n) is 9.65. The Morgan fingerprint density at radius 2 is 2.07 bits per heavy atom. The fraction of sp³-hybridized carbons (Fsp3) is 0.450. The summed E-state index contributed by atoms with van der Waals surface area (Å²) >= 11 is 1.75. The summed E-state index contributed by atoms with van der Waals surface area (Å²) in [6.07, 6.45) is 4.98. The largest absolute Gasteiger partial charge is 0.348 e. The number of aromatic nitrogens is 3. The van der Waals surface area contributed by atoms with Gasteiger partial charge in [-0.25, -0.2) is 9.97 Å². The lowest BCUT2D eigenvalue weighted by Gasteiger charge is -2.50. The van der Waals surface area contributed by atoms with Gasteiger partial charge in [-0.15, -0.1) is 0 Å². The molecule has 0 atom stereocenters. The molecule has 0 bridgehead atoms. The van der Waals surface area contributed by atoms with Crippen LogP contribution in [0.4, 0.5) is 5.13 Å². The molecular weight excluding hydrogens is 358 g/mol. The first-order chi connectivity index (χ1) is 13.2. The Kier molecular flexibility index (Phi) is 3.93. The lowest BCUT2D eigenvalue weighted by molar-refractivity contribution is -0.140. The number of imidazole rings is 1. The van der Waals surface area contributed by atoms with E-state index in [0.29, 0.717) is 6.42 Å². The third-order valence-corrected chi connectivity index (χ3v) is 7.11. The van der Waals surface area contributed by atoms with Crippen LogP contribution >= 0.6 is 11.3 Å². The molecule has 1 fully saturated rings. The highest BCUT2D eigenvalue weighted by atomic mass is 32.1. The number of nitrogens with one attached hydrogen (secondary N) is 1. The first kappa shape index (κ1) is 16.7. The first-order valence-corrected chi connectivity index (χ1v) is 10.5. The van der Waals surface area contributed by atoms with Gasteiger partial charge in [0.1, 0.15) is 0 Å². The Morgan fingerprint density at radius 3 is 2.85 bits per heavy atom. The number of aromatic amines is 1. The van der Waals surface area contributed by atoms with Crippen LogP contribution in [0, 0.1) is 0 Å². The summed E-state index contributed by atoms with van der Waals surface area (Å²) in [6.45, 7) is 4.51. The summed E-state index contributed by atoms with van der Waals surface area (Å²) in [4.78, 5) is 29.9. The number of benzene rings is 1. The molecule has 1 spiro atoms. The van der Waals surface area contributed by atoms with Crippen molar-refractivity contribution >= 4 is 32.6 Å². The zero-order valence-electron chi connectivity index (χ0n) is 15.4. The quantitative estimate of drug-likeness (QED) is 0.740. The predicted octanol–water partition coefficient (Wildman–Crippen LogP) is 3.31. The highest BCUT2D eigenvalue weighted by molar-refractivity contribution is 7.22. The molecule has 1 saturated heterocycles. The summed E-state index contributed by atoms with van der Waals surface area (Å²) in [5, 5.41) is 1.08. The van der Waals surface area contributed by atoms with Crippen LogP contribution in [0.2, 0.25) is 0 Å². The Labute approximate surface area is 162 Å². The van der Waals surface area contributed by atoms with E-state index >= 15 is 0 Å². The number of piperidine rings is 1. The molecule has 5 rings (SSSR count). The van der Waals surface area contributed by atoms with Crippen LogP contribution in [-0.2, 0) is 16.8 Å². The number of fused-ring (bicyclic) bond motifs is 3. The van der Waals surface area contributed by atoms with Crippen LogP contribution in [0.3, 0.4) is 0 Å². The number of H-pyrrole nitrogens is 1. The zero-order chi connectivity index (χ0) is 18.4. The van der Waals surface area contributed by atoms with Gasteiger partial charge in [-0.05, 0) is 25.0 Å². The number of hydrogen-bond acceptors (Lipinski definition) is 5.